The number of benzene rings is 3. The molecule has 1 aliphatic heterocycles. The van der Waals surface area contributed by atoms with Gasteiger partial charge >= 0.3 is 172 Å². The van der Waals surface area contributed by atoms with Gasteiger partial charge in [0, 0.05) is 34.9 Å². The summed E-state index contributed by atoms with van der Waals surface area (Å²) in [5, 5.41) is 19.9. The second-order valence-corrected chi connectivity index (χ2v) is 29.4. The van der Waals surface area contributed by atoms with Gasteiger partial charge in [-0.2, -0.15) is 0 Å². The van der Waals surface area contributed by atoms with Gasteiger partial charge in [0.15, 0.2) is 0 Å². The third-order valence-corrected chi connectivity index (χ3v) is 23.3. The van der Waals surface area contributed by atoms with Crippen molar-refractivity contribution >= 4 is 60.3 Å². The maximum atomic E-state index is 14.7. The van der Waals surface area contributed by atoms with Crippen molar-refractivity contribution in [3.05, 3.63) is 99.6 Å². The van der Waals surface area contributed by atoms with E-state index in [2.05, 4.69) is 40.2 Å². The molecule has 0 spiro atoms. The SMILES string of the molecule is CC[C@H](C)[C@@H]([C@@H](CC(=O)N1CCC[C@H]1[C@H](OC)[C@@H](C)C(=O)N[C@H](C)[C@@H](O)c1ccccc1)OC)N(C)C(=O)[C@@H](NC(=O)[C@H](C(C)C)N(C)C(=O)OCc1ccc(NC(=O)O[C@@H]2CCCC2SS[I-]c2ccccc2)cc1)C(C)C. The zero-order valence-corrected chi connectivity index (χ0v) is 51.9. The molecule has 12 atom stereocenters. The molecule has 1 aliphatic carbocycles. The number of carbonyl (C=O) groups is 6. The second kappa shape index (κ2) is 32.1. The molecule has 0 radical (unpaired) electrons. The van der Waals surface area contributed by atoms with Gasteiger partial charge in [0.25, 0.3) is 0 Å². The summed E-state index contributed by atoms with van der Waals surface area (Å²) in [6.07, 6.45) is 1.10. The van der Waals surface area contributed by atoms with E-state index in [-0.39, 0.29) is 79.7 Å². The fourth-order valence-corrected chi connectivity index (χ4v) is 19.3. The molecule has 5 rings (SSSR count). The molecule has 2 fully saturated rings. The number of likely N-dealkylation sites (tertiary alicyclic amines) is 1. The number of hydrogen-bond donors (Lipinski definition) is 4. The fourth-order valence-electron chi connectivity index (χ4n) is 10.6. The predicted molar refractivity (Wildman–Crippen MR) is 307 cm³/mol. The number of rotatable bonds is 28. The Morgan fingerprint density at radius 1 is 0.785 bits per heavy atom. The molecule has 17 nitrogen and oxygen atoms in total. The molecule has 0 aromatic heterocycles. The van der Waals surface area contributed by atoms with Crippen LogP contribution >= 0.6 is 18.8 Å². The van der Waals surface area contributed by atoms with E-state index in [1.807, 2.05) is 84.6 Å². The first-order valence-electron chi connectivity index (χ1n) is 27.6. The van der Waals surface area contributed by atoms with E-state index < -0.39 is 72.5 Å². The van der Waals surface area contributed by atoms with Crippen molar-refractivity contribution in [3.63, 3.8) is 0 Å². The van der Waals surface area contributed by atoms with Gasteiger partial charge in [0.1, 0.15) is 12.1 Å². The molecule has 0 bridgehead atoms. The van der Waals surface area contributed by atoms with Gasteiger partial charge in [-0.3, -0.25) is 24.1 Å². The summed E-state index contributed by atoms with van der Waals surface area (Å²) >= 11 is -0.192. The van der Waals surface area contributed by atoms with Crippen LogP contribution in [0.3, 0.4) is 0 Å². The van der Waals surface area contributed by atoms with Gasteiger partial charge in [-0.15, -0.1) is 0 Å². The van der Waals surface area contributed by atoms with Crippen molar-refractivity contribution in [1.82, 2.24) is 25.3 Å². The largest absolute Gasteiger partial charge is 0.0603 e. The minimum Gasteiger partial charge on any atom is -0.0603 e. The molecule has 1 saturated heterocycles. The van der Waals surface area contributed by atoms with E-state index in [1.54, 1.807) is 67.1 Å². The van der Waals surface area contributed by atoms with Gasteiger partial charge in [0.2, 0.25) is 23.6 Å². The molecule has 79 heavy (non-hydrogen) atoms. The first-order chi connectivity index (χ1) is 37.7. The summed E-state index contributed by atoms with van der Waals surface area (Å²) in [5.41, 5.74) is 1.89. The molecule has 20 heteroatoms. The van der Waals surface area contributed by atoms with E-state index in [1.165, 1.54) is 29.7 Å². The quantitative estimate of drug-likeness (QED) is 0.0466. The summed E-state index contributed by atoms with van der Waals surface area (Å²) in [7, 11) is 9.93. The standard InChI is InChI=1S/C59H86IN6O11S2/c1-13-38(6)52(47(74-11)34-49(67)66-33-21-26-45(66)54(75-12)39(7)55(69)61-40(8)53(68)42-22-16-14-17-23-42)64(9)57(71)50(36(2)3)63-56(70)51(37(4)5)65(10)59(73)76-35-41-29-31-44(32-30-41)62-58(72)77-46-27-20-28-48(46)78-79-60-43-24-18-15-19-25-43/h14-19,22-25,29-32,36-40,45-48,50-54,68H,13,20-21,26-28,33-35H2,1-12H3,(H,61,69)(H,62,72)(H,63,70)/q-1/t38-,39+,40+,45-,46+,47+,48?,50-,51-,52-,53+,54+/m0/s1. The summed E-state index contributed by atoms with van der Waals surface area (Å²) in [5.74, 6) is -2.91. The summed E-state index contributed by atoms with van der Waals surface area (Å²) < 4.78 is 25.0. The Balaban J connectivity index is 1.16. The van der Waals surface area contributed by atoms with Crippen molar-refractivity contribution in [1.29, 1.82) is 0 Å². The average molecular weight is 1250 g/mol. The van der Waals surface area contributed by atoms with Crippen LogP contribution in [-0.2, 0) is 44.7 Å². The first kappa shape index (κ1) is 65.2. The molecule has 1 saturated carbocycles. The molecule has 2 aliphatic rings. The van der Waals surface area contributed by atoms with Crippen molar-refractivity contribution in [2.45, 2.75) is 167 Å². The first-order valence-corrected chi connectivity index (χ1v) is 33.5. The zero-order chi connectivity index (χ0) is 57.9. The number of anilines is 1. The topological polar surface area (TPSA) is 205 Å². The number of likely N-dealkylation sites (N-methyl/N-ethyl adjacent to an activating group) is 2. The van der Waals surface area contributed by atoms with Crippen molar-refractivity contribution in [2.24, 2.45) is 23.7 Å². The van der Waals surface area contributed by atoms with E-state index in [0.29, 0.717) is 42.6 Å². The zero-order valence-electron chi connectivity index (χ0n) is 48.1. The maximum Gasteiger partial charge on any atom is -0.0176 e. The number of nitrogens with one attached hydrogen (secondary N) is 3. The monoisotopic (exact) mass is 1250 g/mol. The number of amides is 6. The Hall–Kier alpha value is -4.61. The molecule has 3 aromatic carbocycles. The van der Waals surface area contributed by atoms with E-state index in [9.17, 15) is 33.9 Å². The number of carbonyl (C=O) groups excluding carboxylic acids is 6. The Labute approximate surface area is 485 Å². The number of ether oxygens (including phenoxy) is 4. The van der Waals surface area contributed by atoms with E-state index >= 15 is 0 Å². The van der Waals surface area contributed by atoms with Crippen LogP contribution in [0.25, 0.3) is 0 Å². The summed E-state index contributed by atoms with van der Waals surface area (Å²) in [6.45, 7) is 15.2. The summed E-state index contributed by atoms with van der Waals surface area (Å²) in [4.78, 5) is 88.2. The predicted octanol–water partition coefficient (Wildman–Crippen LogP) is 6.30. The van der Waals surface area contributed by atoms with Crippen molar-refractivity contribution < 1.29 is 72.6 Å². The molecule has 4 N–H and O–H groups in total. The molecule has 1 heterocycles. The van der Waals surface area contributed by atoms with Gasteiger partial charge in [-0.1, -0.05) is 85.2 Å². The van der Waals surface area contributed by atoms with Crippen LogP contribution in [0.4, 0.5) is 15.3 Å². The van der Waals surface area contributed by atoms with Crippen LogP contribution in [0.2, 0.25) is 0 Å². The van der Waals surface area contributed by atoms with Crippen LogP contribution < -0.4 is 35.8 Å². The Kier molecular flexibility index (Phi) is 26.5. The van der Waals surface area contributed by atoms with Crippen LogP contribution in [0.5, 0.6) is 0 Å². The average Bonchev–Trinajstić information content (AvgIpc) is 4.16. The van der Waals surface area contributed by atoms with Crippen molar-refractivity contribution in [3.8, 4) is 0 Å². The Bertz CT molecular complexity index is 2410. The Morgan fingerprint density at radius 2 is 1.44 bits per heavy atom. The molecule has 1 unspecified atom stereocenters. The minimum absolute atomic E-state index is 0.0512. The van der Waals surface area contributed by atoms with Gasteiger partial charge in [0.05, 0.1) is 48.8 Å². The number of hydrogen-bond acceptors (Lipinski definition) is 13. The van der Waals surface area contributed by atoms with Crippen LogP contribution in [0.15, 0.2) is 84.9 Å². The number of halogens is 1. The van der Waals surface area contributed by atoms with Gasteiger partial charge < -0.3 is 39.8 Å². The van der Waals surface area contributed by atoms with Gasteiger partial charge in [-0.05, 0) is 43.1 Å². The third kappa shape index (κ3) is 18.4. The van der Waals surface area contributed by atoms with E-state index in [0.717, 1.165) is 19.3 Å². The molecule has 3 aromatic rings. The minimum atomic E-state index is -0.997. The van der Waals surface area contributed by atoms with Crippen LogP contribution in [-0.4, -0.2) is 144 Å². The van der Waals surface area contributed by atoms with Crippen LogP contribution in [0.1, 0.15) is 118 Å². The van der Waals surface area contributed by atoms with Gasteiger partial charge in [-0.25, -0.2) is 4.79 Å². The summed E-state index contributed by atoms with van der Waals surface area (Å²) in [6, 6.07) is 22.9. The molecular weight excluding hydrogens is 1160 g/mol. The Morgan fingerprint density at radius 3 is 2.05 bits per heavy atom. The maximum absolute atomic E-state index is 14.7. The number of methoxy groups -OCH3 is 2. The van der Waals surface area contributed by atoms with E-state index in [4.69, 9.17) is 18.9 Å². The number of nitrogens with zero attached hydrogens (tertiary/aromatic N) is 3. The number of aliphatic hydroxyl groups excluding tert-OH is 1. The third-order valence-electron chi connectivity index (χ3n) is 15.3. The molecule has 6 amide bonds. The second-order valence-electron chi connectivity index (χ2n) is 21.6. The smallest absolute Gasteiger partial charge is 0.0176 e. The van der Waals surface area contributed by atoms with Crippen LogP contribution in [0, 0.1) is 27.2 Å². The molecule has 438 valence electrons. The normalized spacial score (nSPS) is 19.8. The van der Waals surface area contributed by atoms with Crippen molar-refractivity contribution in [2.75, 3.05) is 40.2 Å². The fraction of sp³-hybridized carbons (Fsp3) is 0.593. The number of aliphatic hydroxyl groups is 1. The molecular formula is C59H86IN6O11S2-.